The number of hydrogen-bond donors (Lipinski definition) is 1. The number of rotatable bonds is 5. The lowest BCUT2D eigenvalue weighted by Gasteiger charge is -2.25. The van der Waals surface area contributed by atoms with E-state index in [1.165, 1.54) is 44.6 Å². The van der Waals surface area contributed by atoms with E-state index in [0.29, 0.717) is 6.04 Å². The summed E-state index contributed by atoms with van der Waals surface area (Å²) in [4.78, 5) is 1.04. The summed E-state index contributed by atoms with van der Waals surface area (Å²) in [5.41, 5.74) is 0. The normalized spacial score (nSPS) is 19.1. The van der Waals surface area contributed by atoms with Crippen LogP contribution in [0.1, 0.15) is 38.5 Å². The van der Waals surface area contributed by atoms with Gasteiger partial charge in [0.25, 0.3) is 0 Å². The van der Waals surface area contributed by atoms with Crippen molar-refractivity contribution in [3.8, 4) is 0 Å². The first-order valence-corrected chi connectivity index (χ1v) is 8.34. The molecule has 1 nitrogen and oxygen atoms in total. The van der Waals surface area contributed by atoms with Crippen molar-refractivity contribution in [2.45, 2.75) is 49.5 Å². The molecule has 1 aromatic rings. The average molecular weight is 281 g/mol. The minimum absolute atomic E-state index is 0.138. The Hall–Kier alpha value is -0.540. The van der Waals surface area contributed by atoms with Gasteiger partial charge in [-0.15, -0.1) is 11.8 Å². The molecule has 0 aromatic heterocycles. The SMILES string of the molecule is CNC(CSc1cccc(F)c1)C1CCCCCC1. The van der Waals surface area contributed by atoms with Gasteiger partial charge in [-0.2, -0.15) is 0 Å². The number of halogens is 1. The third-order valence-electron chi connectivity index (χ3n) is 4.07. The van der Waals surface area contributed by atoms with Crippen molar-refractivity contribution in [3.63, 3.8) is 0 Å². The smallest absolute Gasteiger partial charge is 0.124 e. The second-order valence-corrected chi connectivity index (χ2v) is 6.51. The predicted octanol–water partition coefficient (Wildman–Crippen LogP) is 4.48. The Kier molecular flexibility index (Phi) is 6.18. The molecule has 0 aliphatic heterocycles. The fraction of sp³-hybridized carbons (Fsp3) is 0.625. The van der Waals surface area contributed by atoms with Crippen LogP contribution in [0, 0.1) is 11.7 Å². The standard InChI is InChI=1S/C16H24FNS/c1-18-16(13-7-4-2-3-5-8-13)12-19-15-10-6-9-14(17)11-15/h6,9-11,13,16,18H,2-5,7-8,12H2,1H3. The van der Waals surface area contributed by atoms with Crippen molar-refractivity contribution < 1.29 is 4.39 Å². The van der Waals surface area contributed by atoms with E-state index in [9.17, 15) is 4.39 Å². The number of benzene rings is 1. The first kappa shape index (κ1) is 14.9. The molecular formula is C16H24FNS. The van der Waals surface area contributed by atoms with Crippen molar-refractivity contribution in [2.75, 3.05) is 12.8 Å². The van der Waals surface area contributed by atoms with E-state index < -0.39 is 0 Å². The van der Waals surface area contributed by atoms with Gasteiger partial charge in [0.05, 0.1) is 0 Å². The highest BCUT2D eigenvalue weighted by Gasteiger charge is 2.21. The van der Waals surface area contributed by atoms with Gasteiger partial charge in [0.1, 0.15) is 5.82 Å². The molecule has 19 heavy (non-hydrogen) atoms. The predicted molar refractivity (Wildman–Crippen MR) is 81.2 cm³/mol. The maximum Gasteiger partial charge on any atom is 0.124 e. The molecule has 1 aliphatic rings. The summed E-state index contributed by atoms with van der Waals surface area (Å²) >= 11 is 1.77. The molecule has 0 amide bonds. The van der Waals surface area contributed by atoms with Crippen LogP contribution >= 0.6 is 11.8 Å². The summed E-state index contributed by atoms with van der Waals surface area (Å²) < 4.78 is 13.2. The highest BCUT2D eigenvalue weighted by molar-refractivity contribution is 7.99. The van der Waals surface area contributed by atoms with E-state index in [-0.39, 0.29) is 5.82 Å². The van der Waals surface area contributed by atoms with Crippen molar-refractivity contribution in [3.05, 3.63) is 30.1 Å². The van der Waals surface area contributed by atoms with Gasteiger partial charge in [-0.1, -0.05) is 31.7 Å². The second kappa shape index (κ2) is 7.91. The quantitative estimate of drug-likeness (QED) is 0.631. The van der Waals surface area contributed by atoms with E-state index in [1.807, 2.05) is 6.07 Å². The summed E-state index contributed by atoms with van der Waals surface area (Å²) in [7, 11) is 2.06. The minimum Gasteiger partial charge on any atom is -0.316 e. The Balaban J connectivity index is 1.87. The van der Waals surface area contributed by atoms with Crippen LogP contribution in [-0.2, 0) is 0 Å². The third-order valence-corrected chi connectivity index (χ3v) is 5.18. The zero-order chi connectivity index (χ0) is 13.5. The number of hydrogen-bond acceptors (Lipinski definition) is 2. The van der Waals surface area contributed by atoms with Gasteiger partial charge in [0, 0.05) is 16.7 Å². The lowest BCUT2D eigenvalue weighted by atomic mass is 9.93. The molecule has 1 saturated carbocycles. The molecule has 0 spiro atoms. The molecule has 1 atom stereocenters. The Morgan fingerprint density at radius 3 is 2.63 bits per heavy atom. The number of nitrogens with one attached hydrogen (secondary N) is 1. The highest BCUT2D eigenvalue weighted by atomic mass is 32.2. The number of thioether (sulfide) groups is 1. The van der Waals surface area contributed by atoms with Crippen molar-refractivity contribution in [2.24, 2.45) is 5.92 Å². The van der Waals surface area contributed by atoms with Crippen LogP contribution in [0.2, 0.25) is 0 Å². The molecule has 106 valence electrons. The maximum absolute atomic E-state index is 13.2. The van der Waals surface area contributed by atoms with Gasteiger partial charge in [-0.25, -0.2) is 4.39 Å². The van der Waals surface area contributed by atoms with Crippen LogP contribution in [0.5, 0.6) is 0 Å². The summed E-state index contributed by atoms with van der Waals surface area (Å²) in [5.74, 6) is 1.68. The minimum atomic E-state index is -0.138. The lowest BCUT2D eigenvalue weighted by molar-refractivity contribution is 0.359. The van der Waals surface area contributed by atoms with Crippen LogP contribution in [0.4, 0.5) is 4.39 Å². The molecule has 1 aliphatic carbocycles. The average Bonchev–Trinajstić information content (AvgIpc) is 2.69. The summed E-state index contributed by atoms with van der Waals surface area (Å²) in [6, 6.07) is 7.46. The Bertz CT molecular complexity index is 375. The summed E-state index contributed by atoms with van der Waals surface area (Å²) in [5, 5.41) is 3.47. The summed E-state index contributed by atoms with van der Waals surface area (Å²) in [6.45, 7) is 0. The molecule has 0 radical (unpaired) electrons. The van der Waals surface area contributed by atoms with Crippen LogP contribution in [0.15, 0.2) is 29.2 Å². The molecule has 3 heteroatoms. The molecule has 1 unspecified atom stereocenters. The zero-order valence-electron chi connectivity index (χ0n) is 11.7. The largest absolute Gasteiger partial charge is 0.316 e. The Morgan fingerprint density at radius 1 is 1.26 bits per heavy atom. The van der Waals surface area contributed by atoms with E-state index >= 15 is 0 Å². The lowest BCUT2D eigenvalue weighted by Crippen LogP contribution is -2.35. The van der Waals surface area contributed by atoms with Gasteiger partial charge in [0.15, 0.2) is 0 Å². The van der Waals surface area contributed by atoms with Crippen molar-refractivity contribution in [1.29, 1.82) is 0 Å². The topological polar surface area (TPSA) is 12.0 Å². The van der Waals surface area contributed by atoms with Gasteiger partial charge in [0.2, 0.25) is 0 Å². The molecule has 0 bridgehead atoms. The molecule has 0 heterocycles. The van der Waals surface area contributed by atoms with Gasteiger partial charge in [-0.3, -0.25) is 0 Å². The van der Waals surface area contributed by atoms with E-state index in [4.69, 9.17) is 0 Å². The van der Waals surface area contributed by atoms with E-state index in [2.05, 4.69) is 12.4 Å². The first-order chi connectivity index (χ1) is 9.29. The zero-order valence-corrected chi connectivity index (χ0v) is 12.5. The van der Waals surface area contributed by atoms with Crippen molar-refractivity contribution in [1.82, 2.24) is 5.32 Å². The fourth-order valence-corrected chi connectivity index (χ4v) is 4.09. The van der Waals surface area contributed by atoms with Crippen molar-refractivity contribution >= 4 is 11.8 Å². The first-order valence-electron chi connectivity index (χ1n) is 7.35. The fourth-order valence-electron chi connectivity index (χ4n) is 2.91. The molecule has 2 rings (SSSR count). The van der Waals surface area contributed by atoms with Crippen LogP contribution in [-0.4, -0.2) is 18.8 Å². The monoisotopic (exact) mass is 281 g/mol. The molecular weight excluding hydrogens is 257 g/mol. The third kappa shape index (κ3) is 4.81. The van der Waals surface area contributed by atoms with E-state index in [0.717, 1.165) is 16.6 Å². The molecule has 1 fully saturated rings. The Morgan fingerprint density at radius 2 is 2.00 bits per heavy atom. The van der Waals surface area contributed by atoms with Crippen LogP contribution in [0.25, 0.3) is 0 Å². The molecule has 1 aromatic carbocycles. The van der Waals surface area contributed by atoms with Crippen LogP contribution < -0.4 is 5.32 Å². The second-order valence-electron chi connectivity index (χ2n) is 5.42. The maximum atomic E-state index is 13.2. The van der Waals surface area contributed by atoms with E-state index in [1.54, 1.807) is 23.9 Å². The van der Waals surface area contributed by atoms with Gasteiger partial charge >= 0.3 is 0 Å². The molecule has 0 saturated heterocycles. The van der Waals surface area contributed by atoms with Crippen LogP contribution in [0.3, 0.4) is 0 Å². The van der Waals surface area contributed by atoms with Gasteiger partial charge in [-0.05, 0) is 44.0 Å². The Labute approximate surface area is 120 Å². The molecule has 1 N–H and O–H groups in total. The summed E-state index contributed by atoms with van der Waals surface area (Å²) in [6.07, 6.45) is 8.21. The van der Waals surface area contributed by atoms with Gasteiger partial charge < -0.3 is 5.32 Å². The highest BCUT2D eigenvalue weighted by Crippen LogP contribution is 2.29.